The number of carbonyl (C=O) groups excluding carboxylic acids is 2. The maximum atomic E-state index is 13.1. The summed E-state index contributed by atoms with van der Waals surface area (Å²) in [6, 6.07) is 11.4. The van der Waals surface area contributed by atoms with E-state index in [-0.39, 0.29) is 11.3 Å². The lowest BCUT2D eigenvalue weighted by Gasteiger charge is -2.23. The van der Waals surface area contributed by atoms with Crippen LogP contribution in [0.15, 0.2) is 64.1 Å². The van der Waals surface area contributed by atoms with Gasteiger partial charge < -0.3 is 14.6 Å². The Morgan fingerprint density at radius 3 is 2.55 bits per heavy atom. The number of aliphatic hydroxyl groups is 1. The first-order chi connectivity index (χ1) is 15.0. The number of carbonyl (C=O) groups is 2. The van der Waals surface area contributed by atoms with E-state index in [1.165, 1.54) is 16.2 Å². The largest absolute Gasteiger partial charge is 0.507 e. The van der Waals surface area contributed by atoms with Gasteiger partial charge in [-0.2, -0.15) is 0 Å². The molecule has 3 heterocycles. The van der Waals surface area contributed by atoms with E-state index >= 15 is 0 Å². The second kappa shape index (κ2) is 7.82. The van der Waals surface area contributed by atoms with Gasteiger partial charge in [0.25, 0.3) is 5.78 Å². The Hall–Kier alpha value is -3.17. The quantitative estimate of drug-likeness (QED) is 0.329. The molecule has 156 valence electrons. The highest BCUT2D eigenvalue weighted by atomic mass is 79.9. The average molecular weight is 499 g/mol. The number of fused-ring (bicyclic) bond motifs is 1. The summed E-state index contributed by atoms with van der Waals surface area (Å²) in [7, 11) is 0. The van der Waals surface area contributed by atoms with E-state index in [0.29, 0.717) is 41.0 Å². The van der Waals surface area contributed by atoms with Gasteiger partial charge in [-0.1, -0.05) is 28.1 Å². The summed E-state index contributed by atoms with van der Waals surface area (Å²) in [5.41, 5.74) is 1.04. The van der Waals surface area contributed by atoms with E-state index < -0.39 is 17.7 Å². The first-order valence-corrected chi connectivity index (χ1v) is 11.1. The first kappa shape index (κ1) is 19.8. The van der Waals surface area contributed by atoms with Crippen LogP contribution in [0.5, 0.6) is 11.5 Å². The van der Waals surface area contributed by atoms with Crippen molar-refractivity contribution in [2.45, 2.75) is 6.04 Å². The molecule has 2 aromatic carbocycles. The smallest absolute Gasteiger partial charge is 0.301 e. The predicted octanol–water partition coefficient (Wildman–Crippen LogP) is 4.30. The van der Waals surface area contributed by atoms with Gasteiger partial charge in [0.05, 0.1) is 11.6 Å². The van der Waals surface area contributed by atoms with Crippen molar-refractivity contribution < 1.29 is 24.2 Å². The number of rotatable bonds is 3. The normalized spacial score (nSPS) is 19.6. The number of hydrogen-bond acceptors (Lipinski definition) is 7. The minimum Gasteiger partial charge on any atom is -0.507 e. The molecule has 2 aliphatic heterocycles. The van der Waals surface area contributed by atoms with Gasteiger partial charge in [-0.15, -0.1) is 11.3 Å². The van der Waals surface area contributed by atoms with E-state index in [1.54, 1.807) is 41.9 Å². The molecule has 7 nitrogen and oxygen atoms in total. The molecule has 0 saturated carbocycles. The first-order valence-electron chi connectivity index (χ1n) is 9.40. The second-order valence-corrected chi connectivity index (χ2v) is 8.68. The van der Waals surface area contributed by atoms with Gasteiger partial charge in [0.15, 0.2) is 16.6 Å². The Morgan fingerprint density at radius 2 is 1.84 bits per heavy atom. The van der Waals surface area contributed by atoms with Crippen LogP contribution in [0.25, 0.3) is 5.76 Å². The van der Waals surface area contributed by atoms with Gasteiger partial charge in [0, 0.05) is 21.6 Å². The summed E-state index contributed by atoms with van der Waals surface area (Å²) in [6.45, 7) is 0.839. The molecule has 1 saturated heterocycles. The third-order valence-corrected chi connectivity index (χ3v) is 6.37. The highest BCUT2D eigenvalue weighted by molar-refractivity contribution is 9.10. The molecule has 31 heavy (non-hydrogen) atoms. The monoisotopic (exact) mass is 498 g/mol. The highest BCUT2D eigenvalue weighted by Crippen LogP contribution is 2.43. The number of ketones is 1. The van der Waals surface area contributed by atoms with Crippen molar-refractivity contribution in [3.63, 3.8) is 0 Å². The molecule has 0 radical (unpaired) electrons. The van der Waals surface area contributed by atoms with Crippen molar-refractivity contribution in [1.29, 1.82) is 0 Å². The molecule has 3 aromatic rings. The van der Waals surface area contributed by atoms with Crippen LogP contribution in [0, 0.1) is 0 Å². The third-order valence-electron chi connectivity index (χ3n) is 5.07. The molecule has 5 rings (SSSR count). The van der Waals surface area contributed by atoms with Crippen molar-refractivity contribution in [2.24, 2.45) is 0 Å². The van der Waals surface area contributed by atoms with Crippen LogP contribution in [0.3, 0.4) is 0 Å². The summed E-state index contributed by atoms with van der Waals surface area (Å²) in [4.78, 5) is 31.6. The van der Waals surface area contributed by atoms with Crippen LogP contribution < -0.4 is 14.4 Å². The summed E-state index contributed by atoms with van der Waals surface area (Å²) in [5.74, 6) is -0.736. The van der Waals surface area contributed by atoms with Gasteiger partial charge in [-0.05, 0) is 35.9 Å². The summed E-state index contributed by atoms with van der Waals surface area (Å²) in [5, 5.41) is 13.3. The van der Waals surface area contributed by atoms with Crippen LogP contribution in [0.2, 0.25) is 0 Å². The number of hydrogen-bond donors (Lipinski definition) is 1. The van der Waals surface area contributed by atoms with E-state index in [0.717, 1.165) is 4.47 Å². The van der Waals surface area contributed by atoms with Crippen LogP contribution in [-0.2, 0) is 9.59 Å². The maximum absolute atomic E-state index is 13.1. The Bertz CT molecular complexity index is 1210. The second-order valence-electron chi connectivity index (χ2n) is 6.89. The zero-order valence-electron chi connectivity index (χ0n) is 15.9. The number of ether oxygens (including phenoxy) is 2. The molecule has 1 aromatic heterocycles. The lowest BCUT2D eigenvalue weighted by atomic mass is 9.95. The fraction of sp³-hybridized carbons (Fsp3) is 0.136. The molecule has 0 spiro atoms. The molecular formula is C22H15BrN2O5S. The number of benzene rings is 2. The number of halogens is 1. The Labute approximate surface area is 189 Å². The Kier molecular flexibility index (Phi) is 4.99. The molecule has 9 heteroatoms. The topological polar surface area (TPSA) is 89.0 Å². The number of aromatic nitrogens is 1. The molecule has 2 aliphatic rings. The number of nitrogens with zero attached hydrogens (tertiary/aromatic N) is 2. The van der Waals surface area contributed by atoms with Crippen LogP contribution >= 0.6 is 27.3 Å². The third kappa shape index (κ3) is 3.39. The lowest BCUT2D eigenvalue weighted by molar-refractivity contribution is -0.132. The summed E-state index contributed by atoms with van der Waals surface area (Å²) in [6.07, 6.45) is 1.57. The fourth-order valence-corrected chi connectivity index (χ4v) is 4.60. The summed E-state index contributed by atoms with van der Waals surface area (Å²) >= 11 is 4.65. The van der Waals surface area contributed by atoms with Gasteiger partial charge in [-0.3, -0.25) is 14.5 Å². The predicted molar refractivity (Wildman–Crippen MR) is 118 cm³/mol. The van der Waals surface area contributed by atoms with E-state index in [1.807, 2.05) is 12.1 Å². The van der Waals surface area contributed by atoms with Crippen molar-refractivity contribution in [3.05, 3.63) is 75.2 Å². The minimum absolute atomic E-state index is 0.000741. The van der Waals surface area contributed by atoms with E-state index in [9.17, 15) is 14.7 Å². The van der Waals surface area contributed by atoms with Gasteiger partial charge in [0.1, 0.15) is 19.0 Å². The van der Waals surface area contributed by atoms with Crippen molar-refractivity contribution in [3.8, 4) is 11.5 Å². The molecule has 1 fully saturated rings. The zero-order valence-corrected chi connectivity index (χ0v) is 18.4. The van der Waals surface area contributed by atoms with Crippen LogP contribution in [0.1, 0.15) is 17.2 Å². The minimum atomic E-state index is -0.813. The van der Waals surface area contributed by atoms with Crippen LogP contribution in [0.4, 0.5) is 5.13 Å². The van der Waals surface area contributed by atoms with Crippen molar-refractivity contribution in [1.82, 2.24) is 4.98 Å². The molecule has 1 atom stereocenters. The van der Waals surface area contributed by atoms with Crippen molar-refractivity contribution >= 4 is 49.8 Å². The van der Waals surface area contributed by atoms with E-state index in [2.05, 4.69) is 20.9 Å². The molecule has 0 bridgehead atoms. The average Bonchev–Trinajstić information content (AvgIpc) is 3.40. The number of anilines is 1. The van der Waals surface area contributed by atoms with Crippen LogP contribution in [-0.4, -0.2) is 35.0 Å². The maximum Gasteiger partial charge on any atom is 0.301 e. The number of aliphatic hydroxyl groups excluding tert-OH is 1. The highest BCUT2D eigenvalue weighted by Gasteiger charge is 2.48. The van der Waals surface area contributed by atoms with Gasteiger partial charge in [0.2, 0.25) is 0 Å². The van der Waals surface area contributed by atoms with Gasteiger partial charge in [-0.25, -0.2) is 4.98 Å². The number of Topliss-reactive ketones (excluding diaryl/α,β-unsaturated/α-hetero) is 1. The number of amides is 1. The van der Waals surface area contributed by atoms with Crippen molar-refractivity contribution in [2.75, 3.05) is 18.1 Å². The van der Waals surface area contributed by atoms with Gasteiger partial charge >= 0.3 is 5.91 Å². The Balaban J connectivity index is 1.68. The Morgan fingerprint density at radius 1 is 1.10 bits per heavy atom. The molecular weight excluding hydrogens is 484 g/mol. The standard InChI is InChI=1S/C22H15BrN2O5S/c23-14-4-1-12(2-5-14)18-17(20(27)21(28)25(18)22-24-7-10-31-22)19(26)13-3-6-15-16(11-13)30-9-8-29-15/h1-7,10-11,18,26H,8-9H2/t18-/m0/s1. The molecule has 0 aliphatic carbocycles. The number of thiazole rings is 1. The zero-order chi connectivity index (χ0) is 21.5. The van der Waals surface area contributed by atoms with E-state index in [4.69, 9.17) is 9.47 Å². The molecule has 0 unspecified atom stereocenters. The SMILES string of the molecule is O=C1C(=O)N(c2nccs2)[C@@H](c2ccc(Br)cc2)C1=C(O)c1ccc2c(c1)OCCO2. The lowest BCUT2D eigenvalue weighted by Crippen LogP contribution is -2.29. The molecule has 1 N–H and O–H groups in total. The molecule has 1 amide bonds. The fourth-order valence-electron chi connectivity index (χ4n) is 3.67. The summed E-state index contributed by atoms with van der Waals surface area (Å²) < 4.78 is 12.0.